The molecule has 0 saturated carbocycles. The molecule has 0 aromatic heterocycles. The van der Waals surface area contributed by atoms with Gasteiger partial charge in [-0.3, -0.25) is 67.5 Å². The third-order valence-electron chi connectivity index (χ3n) is 0.667. The van der Waals surface area contributed by atoms with E-state index in [4.69, 9.17) is 79.2 Å². The minimum Gasteiger partial charge on any atom is -0.543 e. The number of carboxylic acids is 8. The van der Waals surface area contributed by atoms with E-state index in [0.29, 0.717) is 0 Å². The SMILES string of the molecule is NC(N)=[NH2+].NC(N)=[NH2+].NC(N)=[NH2+].NC(N)=[NH2+].O=C([O-])C(=O)[O-].O=C([O-])C(=O)[O-].O=C([O-])C(=O)[O-].O=C([O-])C(=O)[O-].[Zr+4]. The monoisotopic (exact) mass is 682 g/mol. The zero-order valence-corrected chi connectivity index (χ0v) is 22.4. The number of aliphatic carboxylic acids is 8. The zero-order valence-electron chi connectivity index (χ0n) is 20.0. The van der Waals surface area contributed by atoms with Gasteiger partial charge in [-0.05, 0) is 0 Å². The number of carboxylic acid groups (broad SMARTS) is 8. The van der Waals surface area contributed by atoms with Crippen molar-refractivity contribution in [3.8, 4) is 0 Å². The number of carbonyl (C=O) groups excluding carboxylic acids is 8. The van der Waals surface area contributed by atoms with E-state index >= 15 is 0 Å². The topological polar surface area (TPSA) is 632 Å². The Morgan fingerprint density at radius 3 is 0.317 bits per heavy atom. The zero-order chi connectivity index (χ0) is 34.9. The van der Waals surface area contributed by atoms with Crippen molar-refractivity contribution < 1.29 is 127 Å². The molecule has 0 aliphatic rings. The molecule has 41 heavy (non-hydrogen) atoms. The second-order valence-electron chi connectivity index (χ2n) is 4.30. The molecule has 28 nitrogen and oxygen atoms in total. The Morgan fingerprint density at radius 1 is 0.293 bits per heavy atom. The van der Waals surface area contributed by atoms with E-state index in [1.165, 1.54) is 0 Å². The first-order valence-corrected chi connectivity index (χ1v) is 7.73. The van der Waals surface area contributed by atoms with E-state index in [0.717, 1.165) is 0 Å². The van der Waals surface area contributed by atoms with Gasteiger partial charge in [0.15, 0.2) is 0 Å². The maximum Gasteiger partial charge on any atom is 4.00 e. The Hall–Kier alpha value is -6.28. The molecule has 0 atom stereocenters. The summed E-state index contributed by atoms with van der Waals surface area (Å²) in [5, 5.41) is 89.7. The third-order valence-corrected chi connectivity index (χ3v) is 0.667. The van der Waals surface area contributed by atoms with Crippen LogP contribution in [0.4, 0.5) is 0 Å². The molecule has 24 N–H and O–H groups in total. The summed E-state index contributed by atoms with van der Waals surface area (Å²) < 4.78 is 0. The van der Waals surface area contributed by atoms with Crippen LogP contribution in [0, 0.1) is 0 Å². The van der Waals surface area contributed by atoms with Gasteiger partial charge < -0.3 is 79.2 Å². The number of rotatable bonds is 0. The summed E-state index contributed by atoms with van der Waals surface area (Å²) in [6, 6.07) is 0. The maximum absolute atomic E-state index is 8.93. The van der Waals surface area contributed by atoms with Gasteiger partial charge in [-0.15, -0.1) is 0 Å². The molecule has 0 saturated heterocycles. The van der Waals surface area contributed by atoms with E-state index in [1.54, 1.807) is 0 Å². The van der Waals surface area contributed by atoms with E-state index in [1.807, 2.05) is 0 Å². The van der Waals surface area contributed by atoms with Crippen LogP contribution in [0.1, 0.15) is 0 Å². The quantitative estimate of drug-likeness (QED) is 0.0640. The average Bonchev–Trinajstić information content (AvgIpc) is 2.67. The number of nitrogens with two attached hydrogens (primary N) is 12. The van der Waals surface area contributed by atoms with E-state index < -0.39 is 47.8 Å². The van der Waals surface area contributed by atoms with E-state index in [9.17, 15) is 0 Å². The molecule has 0 unspecified atom stereocenters. The van der Waals surface area contributed by atoms with Gasteiger partial charge in [0.2, 0.25) is 0 Å². The number of guanidine groups is 4. The fraction of sp³-hybridized carbons (Fsp3) is 0. The molecule has 0 aliphatic heterocycles. The van der Waals surface area contributed by atoms with Gasteiger partial charge >= 0.3 is 50.0 Å². The minimum absolute atomic E-state index is 0. The molecule has 0 heterocycles. The van der Waals surface area contributed by atoms with Crippen molar-refractivity contribution >= 4 is 71.6 Å². The van der Waals surface area contributed by atoms with Crippen molar-refractivity contribution in [1.82, 2.24) is 0 Å². The summed E-state index contributed by atoms with van der Waals surface area (Å²) >= 11 is 0. The fourth-order valence-electron chi connectivity index (χ4n) is 0. The molecule has 0 rings (SSSR count). The van der Waals surface area contributed by atoms with Crippen LogP contribution in [-0.2, 0) is 64.6 Å². The Balaban J connectivity index is -0.0000000409. The predicted octanol–water partition coefficient (Wildman–Crippen LogP) is -26.0. The van der Waals surface area contributed by atoms with Crippen LogP contribution in [0.15, 0.2) is 0 Å². The Bertz CT molecular complexity index is 702. The van der Waals surface area contributed by atoms with Crippen molar-refractivity contribution in [2.45, 2.75) is 0 Å². The van der Waals surface area contributed by atoms with Gasteiger partial charge in [0.1, 0.15) is 0 Å². The number of hydrogen-bond acceptors (Lipinski definition) is 16. The molecule has 0 fully saturated rings. The maximum atomic E-state index is 8.93. The largest absolute Gasteiger partial charge is 4.00 e. The Labute approximate surface area is 244 Å². The van der Waals surface area contributed by atoms with E-state index in [2.05, 4.69) is 67.5 Å². The molecule has 0 bridgehead atoms. The smallest absolute Gasteiger partial charge is 0.543 e. The van der Waals surface area contributed by atoms with Gasteiger partial charge in [0.25, 0.3) is 0 Å². The molecular formula is C12H24N12O16Zr. The third kappa shape index (κ3) is 359. The van der Waals surface area contributed by atoms with Crippen LogP contribution in [-0.4, -0.2) is 71.6 Å². The molecule has 0 aliphatic carbocycles. The first-order valence-electron chi connectivity index (χ1n) is 7.73. The predicted molar refractivity (Wildman–Crippen MR) is 101 cm³/mol. The van der Waals surface area contributed by atoms with Crippen molar-refractivity contribution in [1.29, 1.82) is 0 Å². The normalized spacial score (nSPS) is 6.63. The van der Waals surface area contributed by atoms with Gasteiger partial charge in [0, 0.05) is 0 Å². The second-order valence-corrected chi connectivity index (χ2v) is 4.30. The van der Waals surface area contributed by atoms with Crippen molar-refractivity contribution in [2.24, 2.45) is 45.9 Å². The van der Waals surface area contributed by atoms with E-state index in [-0.39, 0.29) is 50.0 Å². The van der Waals surface area contributed by atoms with Crippen molar-refractivity contribution in [3.63, 3.8) is 0 Å². The molecule has 0 radical (unpaired) electrons. The molecular weight excluding hydrogens is 659 g/mol. The van der Waals surface area contributed by atoms with Gasteiger partial charge in [-0.2, -0.15) is 0 Å². The summed E-state index contributed by atoms with van der Waals surface area (Å²) in [5.74, 6) is -17.8. The molecule has 232 valence electrons. The first kappa shape index (κ1) is 59.7. The standard InChI is InChI=1S/4C2H2O4.4CH5N3.Zr/c4*3-1(4)2(5)6;4*2-1(3)4;/h4*(H,3,4)(H,5,6);4*(H5,2,3,4);/q;;;;;;;;+4/p-4. The number of carbonyl (C=O) groups is 8. The van der Waals surface area contributed by atoms with Crippen LogP contribution >= 0.6 is 0 Å². The van der Waals surface area contributed by atoms with Gasteiger partial charge in [-0.25, -0.2) is 0 Å². The Morgan fingerprint density at radius 2 is 0.317 bits per heavy atom. The summed E-state index contributed by atoms with van der Waals surface area (Å²) in [6.45, 7) is 0. The van der Waals surface area contributed by atoms with Crippen molar-refractivity contribution in [3.05, 3.63) is 0 Å². The van der Waals surface area contributed by atoms with Crippen LogP contribution in [0.5, 0.6) is 0 Å². The van der Waals surface area contributed by atoms with Gasteiger partial charge in [0.05, 0.1) is 47.8 Å². The van der Waals surface area contributed by atoms with Crippen molar-refractivity contribution in [2.75, 3.05) is 0 Å². The summed E-state index contributed by atoms with van der Waals surface area (Å²) in [4.78, 5) is 71.4. The molecule has 0 amide bonds. The van der Waals surface area contributed by atoms with Crippen LogP contribution in [0.2, 0.25) is 0 Å². The molecule has 0 aromatic carbocycles. The molecule has 0 aromatic rings. The Kier molecular flexibility index (Phi) is 59.5. The summed E-state index contributed by atoms with van der Waals surface area (Å²) in [7, 11) is 0. The molecule has 29 heteroatoms. The molecule has 0 spiro atoms. The van der Waals surface area contributed by atoms with Gasteiger partial charge in [-0.1, -0.05) is 0 Å². The average molecular weight is 684 g/mol. The summed E-state index contributed by atoms with van der Waals surface area (Å²) in [6.07, 6.45) is 0. The first-order chi connectivity index (χ1) is 17.5. The number of hydrogen-bond donors (Lipinski definition) is 12. The van der Waals surface area contributed by atoms with Crippen LogP contribution in [0.3, 0.4) is 0 Å². The summed E-state index contributed by atoms with van der Waals surface area (Å²) in [5.41, 5.74) is 36.7. The second kappa shape index (κ2) is 40.9. The van der Waals surface area contributed by atoms with Crippen LogP contribution < -0.4 is 108 Å². The van der Waals surface area contributed by atoms with Crippen LogP contribution in [0.25, 0.3) is 0 Å². The minimum atomic E-state index is -2.19. The fourth-order valence-corrected chi connectivity index (χ4v) is 0.